The predicted octanol–water partition coefficient (Wildman–Crippen LogP) is 4.16. The van der Waals surface area contributed by atoms with Crippen LogP contribution in [-0.2, 0) is 4.79 Å². The number of hydrogen-bond donors (Lipinski definition) is 1. The minimum Gasteiger partial charge on any atom is -0.549 e. The van der Waals surface area contributed by atoms with E-state index in [2.05, 4.69) is 33.0 Å². The molecule has 4 heteroatoms. The smallest absolute Gasteiger partial charge is 0.0594 e. The van der Waals surface area contributed by atoms with Crippen molar-refractivity contribution >= 4 is 13.2 Å². The maximum atomic E-state index is 9.43. The standard InChI is InChI=1S/C16H36P.C3H7NO2/c1-5-9-13-17(14-10-6-2,15-11-7-3)16-12-8-4;1-4-2-3(5)6/h5-16H2,1-4H3;4H,2H2,1H3,(H,5,6)/q+1;/p-1. The minimum absolute atomic E-state index is 0.0694. The van der Waals surface area contributed by atoms with Crippen molar-refractivity contribution in [3.63, 3.8) is 0 Å². The van der Waals surface area contributed by atoms with Crippen molar-refractivity contribution in [1.29, 1.82) is 0 Å². The van der Waals surface area contributed by atoms with E-state index in [0.29, 0.717) is 0 Å². The highest BCUT2D eigenvalue weighted by molar-refractivity contribution is 7.75. The highest BCUT2D eigenvalue weighted by Crippen LogP contribution is 2.61. The van der Waals surface area contributed by atoms with E-state index in [1.165, 1.54) is 51.4 Å². The molecule has 0 spiro atoms. The number of nitrogens with one attached hydrogen (secondary N) is 1. The van der Waals surface area contributed by atoms with Gasteiger partial charge in [0.25, 0.3) is 0 Å². The largest absolute Gasteiger partial charge is 0.549 e. The third-order valence-electron chi connectivity index (χ3n) is 4.27. The predicted molar refractivity (Wildman–Crippen MR) is 105 cm³/mol. The molecule has 23 heavy (non-hydrogen) atoms. The van der Waals surface area contributed by atoms with Gasteiger partial charge in [0.1, 0.15) is 0 Å². The Hall–Kier alpha value is -0.140. The zero-order chi connectivity index (χ0) is 18.0. The first-order valence-electron chi connectivity index (χ1n) is 9.71. The molecule has 1 N–H and O–H groups in total. The molecule has 0 aromatic rings. The van der Waals surface area contributed by atoms with E-state index in [0.717, 1.165) is 0 Å². The van der Waals surface area contributed by atoms with Crippen molar-refractivity contribution < 1.29 is 9.90 Å². The first-order valence-corrected chi connectivity index (χ1v) is 12.2. The van der Waals surface area contributed by atoms with Gasteiger partial charge in [-0.3, -0.25) is 0 Å². The average Bonchev–Trinajstić information content (AvgIpc) is 2.54. The lowest BCUT2D eigenvalue weighted by Crippen LogP contribution is -2.32. The van der Waals surface area contributed by atoms with E-state index in [9.17, 15) is 9.90 Å². The second kappa shape index (κ2) is 18.2. The third-order valence-corrected chi connectivity index (χ3v) is 9.32. The molecule has 0 amide bonds. The Balaban J connectivity index is 0. The van der Waals surface area contributed by atoms with Crippen molar-refractivity contribution in [3.05, 3.63) is 0 Å². The summed E-state index contributed by atoms with van der Waals surface area (Å²) in [7, 11) is 0.989. The SMILES string of the molecule is CCCC[P+](CCCC)(CCCC)CCCC.CNCC(=O)[O-]. The van der Waals surface area contributed by atoms with Crippen LogP contribution in [0.3, 0.4) is 0 Å². The summed E-state index contributed by atoms with van der Waals surface area (Å²) in [6.45, 7) is 9.35. The maximum absolute atomic E-state index is 9.43. The number of carboxylic acids is 1. The van der Waals surface area contributed by atoms with Crippen molar-refractivity contribution in [2.75, 3.05) is 38.2 Å². The van der Waals surface area contributed by atoms with Gasteiger partial charge in [0, 0.05) is 13.8 Å². The van der Waals surface area contributed by atoms with Gasteiger partial charge in [-0.15, -0.1) is 0 Å². The highest BCUT2D eigenvalue weighted by Gasteiger charge is 2.34. The molecule has 0 aliphatic carbocycles. The minimum atomic E-state index is -1.07. The molecular weight excluding hydrogens is 305 g/mol. The van der Waals surface area contributed by atoms with Crippen LogP contribution in [0.2, 0.25) is 0 Å². The molecule has 3 nitrogen and oxygen atoms in total. The van der Waals surface area contributed by atoms with Crippen molar-refractivity contribution in [2.24, 2.45) is 0 Å². The van der Waals surface area contributed by atoms with E-state index < -0.39 is 13.2 Å². The lowest BCUT2D eigenvalue weighted by Gasteiger charge is -2.28. The normalized spacial score (nSPS) is 11.0. The monoisotopic (exact) mass is 347 g/mol. The van der Waals surface area contributed by atoms with Crippen LogP contribution in [0.4, 0.5) is 0 Å². The molecule has 0 atom stereocenters. The van der Waals surface area contributed by atoms with Crippen LogP contribution >= 0.6 is 7.26 Å². The van der Waals surface area contributed by atoms with Crippen LogP contribution in [0.5, 0.6) is 0 Å². The third kappa shape index (κ3) is 16.5. The van der Waals surface area contributed by atoms with Crippen molar-refractivity contribution in [2.45, 2.75) is 79.1 Å². The second-order valence-corrected chi connectivity index (χ2v) is 11.0. The number of likely N-dealkylation sites (N-methyl/N-ethyl adjacent to an activating group) is 1. The van der Waals surface area contributed by atoms with Crippen molar-refractivity contribution in [1.82, 2.24) is 5.32 Å². The molecule has 0 saturated heterocycles. The van der Waals surface area contributed by atoms with E-state index in [1.807, 2.05) is 0 Å². The van der Waals surface area contributed by atoms with Crippen LogP contribution < -0.4 is 10.4 Å². The number of aliphatic carboxylic acids is 1. The molecule has 0 aliphatic heterocycles. The number of unbranched alkanes of at least 4 members (excludes halogenated alkanes) is 4. The number of hydrogen-bond acceptors (Lipinski definition) is 3. The molecular formula is C19H42NO2P. The number of carbonyl (C=O) groups is 1. The quantitative estimate of drug-likeness (QED) is 0.480. The van der Waals surface area contributed by atoms with E-state index >= 15 is 0 Å². The highest BCUT2D eigenvalue weighted by atomic mass is 31.2. The molecule has 0 aromatic heterocycles. The topological polar surface area (TPSA) is 52.2 Å². The summed E-state index contributed by atoms with van der Waals surface area (Å²) in [5.41, 5.74) is 0. The van der Waals surface area contributed by atoms with Gasteiger partial charge < -0.3 is 15.2 Å². The Morgan fingerprint density at radius 1 is 0.783 bits per heavy atom. The van der Waals surface area contributed by atoms with Crippen LogP contribution in [0.1, 0.15) is 79.1 Å². The van der Waals surface area contributed by atoms with Gasteiger partial charge in [0.15, 0.2) is 0 Å². The molecule has 0 saturated carbocycles. The van der Waals surface area contributed by atoms with Gasteiger partial charge in [0.2, 0.25) is 0 Å². The van der Waals surface area contributed by atoms with Gasteiger partial charge in [0.05, 0.1) is 30.6 Å². The summed E-state index contributed by atoms with van der Waals surface area (Å²) in [4.78, 5) is 9.43. The first-order chi connectivity index (χ1) is 11.0. The fraction of sp³-hybridized carbons (Fsp3) is 0.947. The average molecular weight is 348 g/mol. The van der Waals surface area contributed by atoms with Crippen molar-refractivity contribution in [3.8, 4) is 0 Å². The number of carbonyl (C=O) groups excluding carboxylic acids is 1. The molecule has 140 valence electrons. The zero-order valence-corrected chi connectivity index (χ0v) is 17.4. The fourth-order valence-electron chi connectivity index (χ4n) is 2.79. The Labute approximate surface area is 146 Å². The van der Waals surface area contributed by atoms with E-state index in [4.69, 9.17) is 0 Å². The Bertz CT molecular complexity index is 222. The first kappa shape index (κ1) is 25.1. The lowest BCUT2D eigenvalue weighted by atomic mass is 10.4. The molecule has 0 rings (SSSR count). The van der Waals surface area contributed by atoms with Gasteiger partial charge in [-0.2, -0.15) is 0 Å². The van der Waals surface area contributed by atoms with E-state index in [1.54, 1.807) is 31.7 Å². The lowest BCUT2D eigenvalue weighted by molar-refractivity contribution is -0.303. The summed E-state index contributed by atoms with van der Waals surface area (Å²) in [5.74, 6) is -1.07. The summed E-state index contributed by atoms with van der Waals surface area (Å²) >= 11 is 0. The molecule has 0 heterocycles. The van der Waals surface area contributed by atoms with Gasteiger partial charge in [-0.1, -0.05) is 53.4 Å². The summed E-state index contributed by atoms with van der Waals surface area (Å²) < 4.78 is 0. The maximum Gasteiger partial charge on any atom is 0.0594 e. The van der Waals surface area contributed by atoms with Gasteiger partial charge in [-0.25, -0.2) is 0 Å². The molecule has 0 radical (unpaired) electrons. The van der Waals surface area contributed by atoms with Gasteiger partial charge in [-0.05, 0) is 32.7 Å². The van der Waals surface area contributed by atoms with Crippen LogP contribution in [0.15, 0.2) is 0 Å². The second-order valence-electron chi connectivity index (χ2n) is 6.55. The summed E-state index contributed by atoms with van der Waals surface area (Å²) in [5, 5.41) is 11.8. The molecule has 0 fully saturated rings. The van der Waals surface area contributed by atoms with Crippen LogP contribution in [-0.4, -0.2) is 44.2 Å². The molecule has 0 bridgehead atoms. The van der Waals surface area contributed by atoms with Crippen LogP contribution in [0, 0.1) is 0 Å². The molecule has 0 unspecified atom stereocenters. The molecule has 0 aromatic carbocycles. The summed E-state index contributed by atoms with van der Waals surface area (Å²) in [6, 6.07) is 0. The Kier molecular flexibility index (Phi) is 19.9. The zero-order valence-electron chi connectivity index (χ0n) is 16.5. The van der Waals surface area contributed by atoms with Crippen LogP contribution in [0.25, 0.3) is 0 Å². The fourth-order valence-corrected chi connectivity index (χ4v) is 8.08. The van der Waals surface area contributed by atoms with Gasteiger partial charge >= 0.3 is 0 Å². The number of carboxylic acid groups (broad SMARTS) is 1. The molecule has 0 aliphatic rings. The number of rotatable bonds is 14. The van der Waals surface area contributed by atoms with E-state index in [-0.39, 0.29) is 6.54 Å². The Morgan fingerprint density at radius 3 is 1.22 bits per heavy atom. The Morgan fingerprint density at radius 2 is 1.09 bits per heavy atom. The summed E-state index contributed by atoms with van der Waals surface area (Å²) in [6.07, 6.45) is 17.9.